The molecule has 0 bridgehead atoms. The van der Waals surface area contributed by atoms with Gasteiger partial charge < -0.3 is 15.0 Å². The van der Waals surface area contributed by atoms with E-state index in [0.29, 0.717) is 0 Å². The third-order valence-corrected chi connectivity index (χ3v) is 5.20. The van der Waals surface area contributed by atoms with Crippen LogP contribution in [-0.4, -0.2) is 37.6 Å². The van der Waals surface area contributed by atoms with Gasteiger partial charge in [-0.1, -0.05) is 25.0 Å². The van der Waals surface area contributed by atoms with Gasteiger partial charge >= 0.3 is 0 Å². The number of methoxy groups -OCH3 is 1. The summed E-state index contributed by atoms with van der Waals surface area (Å²) < 4.78 is 5.25. The number of hydrogen-bond acceptors (Lipinski definition) is 3. The topological polar surface area (TPSA) is 41.6 Å². The first-order valence-corrected chi connectivity index (χ1v) is 8.93. The minimum Gasteiger partial charge on any atom is -0.497 e. The van der Waals surface area contributed by atoms with E-state index in [2.05, 4.69) is 22.3 Å². The smallest absolute Gasteiger partial charge is 0.223 e. The van der Waals surface area contributed by atoms with Gasteiger partial charge in [0.2, 0.25) is 5.91 Å². The summed E-state index contributed by atoms with van der Waals surface area (Å²) >= 11 is 0. The molecule has 1 saturated carbocycles. The number of amides is 1. The van der Waals surface area contributed by atoms with Crippen molar-refractivity contribution in [2.24, 2.45) is 5.92 Å². The Kier molecular flexibility index (Phi) is 5.55. The van der Waals surface area contributed by atoms with E-state index in [-0.39, 0.29) is 17.9 Å². The van der Waals surface area contributed by atoms with E-state index < -0.39 is 0 Å². The fourth-order valence-electron chi connectivity index (χ4n) is 3.77. The van der Waals surface area contributed by atoms with Crippen molar-refractivity contribution >= 4 is 5.91 Å². The number of hydrogen-bond donors (Lipinski definition) is 1. The van der Waals surface area contributed by atoms with Gasteiger partial charge in [-0.25, -0.2) is 0 Å². The van der Waals surface area contributed by atoms with Gasteiger partial charge in [0.15, 0.2) is 0 Å². The second-order valence-electron chi connectivity index (χ2n) is 6.82. The van der Waals surface area contributed by atoms with Gasteiger partial charge in [-0.3, -0.25) is 4.79 Å². The van der Waals surface area contributed by atoms with Crippen LogP contribution in [0.3, 0.4) is 0 Å². The van der Waals surface area contributed by atoms with Crippen LogP contribution in [0.2, 0.25) is 0 Å². The molecule has 1 aliphatic carbocycles. The zero-order valence-electron chi connectivity index (χ0n) is 14.1. The maximum absolute atomic E-state index is 12.6. The minimum atomic E-state index is 0.0760. The van der Waals surface area contributed by atoms with Crippen molar-refractivity contribution in [2.75, 3.05) is 26.7 Å². The van der Waals surface area contributed by atoms with Gasteiger partial charge in [0.05, 0.1) is 13.2 Å². The standard InChI is InChI=1S/C19H28N2O2/c1-23-17-10-8-15(9-11-17)18(14-21-12-4-5-13-21)20-19(22)16-6-2-3-7-16/h8-11,16,18H,2-7,12-14H2,1H3,(H,20,22)/t18-/m1/s1. The molecule has 126 valence electrons. The van der Waals surface area contributed by atoms with Gasteiger partial charge in [-0.2, -0.15) is 0 Å². The van der Waals surface area contributed by atoms with E-state index in [1.165, 1.54) is 31.2 Å². The molecule has 4 nitrogen and oxygen atoms in total. The Hall–Kier alpha value is -1.55. The van der Waals surface area contributed by atoms with Crippen LogP contribution in [0.5, 0.6) is 5.75 Å². The zero-order chi connectivity index (χ0) is 16.1. The van der Waals surface area contributed by atoms with Crippen LogP contribution >= 0.6 is 0 Å². The third-order valence-electron chi connectivity index (χ3n) is 5.20. The van der Waals surface area contributed by atoms with Crippen molar-refractivity contribution in [3.05, 3.63) is 29.8 Å². The Balaban J connectivity index is 1.70. The predicted molar refractivity (Wildman–Crippen MR) is 91.5 cm³/mol. The van der Waals surface area contributed by atoms with Crippen LogP contribution in [0.1, 0.15) is 50.1 Å². The van der Waals surface area contributed by atoms with E-state index >= 15 is 0 Å². The monoisotopic (exact) mass is 316 g/mol. The molecule has 2 aliphatic rings. The summed E-state index contributed by atoms with van der Waals surface area (Å²) in [6.45, 7) is 3.20. The maximum Gasteiger partial charge on any atom is 0.223 e. The van der Waals surface area contributed by atoms with Gasteiger partial charge in [0.25, 0.3) is 0 Å². The lowest BCUT2D eigenvalue weighted by molar-refractivity contribution is -0.125. The van der Waals surface area contributed by atoms with Crippen LogP contribution in [0.25, 0.3) is 0 Å². The second kappa shape index (κ2) is 7.82. The highest BCUT2D eigenvalue weighted by Gasteiger charge is 2.26. The molecule has 0 aromatic heterocycles. The van der Waals surface area contributed by atoms with Crippen LogP contribution in [0.4, 0.5) is 0 Å². The molecule has 1 saturated heterocycles. The molecule has 0 spiro atoms. The van der Waals surface area contributed by atoms with Crippen LogP contribution < -0.4 is 10.1 Å². The Labute approximate surface area is 139 Å². The van der Waals surface area contributed by atoms with Gasteiger partial charge in [-0.15, -0.1) is 0 Å². The van der Waals surface area contributed by atoms with Crippen molar-refractivity contribution in [1.29, 1.82) is 0 Å². The highest BCUT2D eigenvalue weighted by atomic mass is 16.5. The van der Waals surface area contributed by atoms with Gasteiger partial charge in [0, 0.05) is 12.5 Å². The Morgan fingerprint density at radius 1 is 1.17 bits per heavy atom. The summed E-state index contributed by atoms with van der Waals surface area (Å²) in [4.78, 5) is 15.0. The third kappa shape index (κ3) is 4.25. The average molecular weight is 316 g/mol. The molecule has 1 aliphatic heterocycles. The van der Waals surface area contributed by atoms with Crippen LogP contribution in [0, 0.1) is 5.92 Å². The predicted octanol–water partition coefficient (Wildman–Crippen LogP) is 3.14. The zero-order valence-corrected chi connectivity index (χ0v) is 14.1. The minimum absolute atomic E-state index is 0.0760. The molecule has 0 unspecified atom stereocenters. The van der Waals surface area contributed by atoms with Crippen molar-refractivity contribution in [3.63, 3.8) is 0 Å². The highest BCUT2D eigenvalue weighted by molar-refractivity contribution is 5.79. The number of carbonyl (C=O) groups excluding carboxylic acids is 1. The second-order valence-corrected chi connectivity index (χ2v) is 6.82. The van der Waals surface area contributed by atoms with E-state index in [0.717, 1.165) is 38.2 Å². The van der Waals surface area contributed by atoms with E-state index in [9.17, 15) is 4.79 Å². The molecule has 3 rings (SSSR count). The fourth-order valence-corrected chi connectivity index (χ4v) is 3.77. The number of ether oxygens (including phenoxy) is 1. The van der Waals surface area contributed by atoms with Crippen LogP contribution in [-0.2, 0) is 4.79 Å². The van der Waals surface area contributed by atoms with Crippen molar-refractivity contribution in [1.82, 2.24) is 10.2 Å². The van der Waals surface area contributed by atoms with Gasteiger partial charge in [0.1, 0.15) is 5.75 Å². The molecule has 23 heavy (non-hydrogen) atoms. The number of carbonyl (C=O) groups is 1. The van der Waals surface area contributed by atoms with Crippen LogP contribution in [0.15, 0.2) is 24.3 Å². The summed E-state index contributed by atoms with van der Waals surface area (Å²) in [7, 11) is 1.68. The number of rotatable bonds is 6. The summed E-state index contributed by atoms with van der Waals surface area (Å²) in [6, 6.07) is 8.19. The summed E-state index contributed by atoms with van der Waals surface area (Å²) in [5.74, 6) is 1.31. The summed E-state index contributed by atoms with van der Waals surface area (Å²) in [5.41, 5.74) is 1.17. The lowest BCUT2D eigenvalue weighted by atomic mass is 10.0. The number of nitrogens with one attached hydrogen (secondary N) is 1. The molecule has 1 atom stereocenters. The normalized spacial score (nSPS) is 20.6. The molecular formula is C19H28N2O2. The SMILES string of the molecule is COc1ccc([C@@H](CN2CCCC2)NC(=O)C2CCCC2)cc1. The van der Waals surface area contributed by atoms with Crippen molar-refractivity contribution in [3.8, 4) is 5.75 Å². The first-order valence-electron chi connectivity index (χ1n) is 8.93. The lowest BCUT2D eigenvalue weighted by Gasteiger charge is -2.26. The lowest BCUT2D eigenvalue weighted by Crippen LogP contribution is -2.39. The van der Waals surface area contributed by atoms with Gasteiger partial charge in [-0.05, 0) is 56.5 Å². The van der Waals surface area contributed by atoms with E-state index in [4.69, 9.17) is 4.74 Å². The average Bonchev–Trinajstić information content (AvgIpc) is 3.28. The highest BCUT2D eigenvalue weighted by Crippen LogP contribution is 2.27. The molecular weight excluding hydrogens is 288 g/mol. The number of nitrogens with zero attached hydrogens (tertiary/aromatic N) is 1. The Morgan fingerprint density at radius 3 is 2.43 bits per heavy atom. The fraction of sp³-hybridized carbons (Fsp3) is 0.632. The van der Waals surface area contributed by atoms with Crippen molar-refractivity contribution in [2.45, 2.75) is 44.6 Å². The molecule has 1 amide bonds. The molecule has 4 heteroatoms. The molecule has 0 radical (unpaired) electrons. The molecule has 1 aromatic carbocycles. The molecule has 1 heterocycles. The summed E-state index contributed by atoms with van der Waals surface area (Å²) in [6.07, 6.45) is 7.02. The summed E-state index contributed by atoms with van der Waals surface area (Å²) in [5, 5.41) is 3.32. The Bertz CT molecular complexity index is 503. The molecule has 2 fully saturated rings. The molecule has 1 N–H and O–H groups in total. The van der Waals surface area contributed by atoms with Crippen molar-refractivity contribution < 1.29 is 9.53 Å². The quantitative estimate of drug-likeness (QED) is 0.876. The largest absolute Gasteiger partial charge is 0.497 e. The first-order chi connectivity index (χ1) is 11.3. The Morgan fingerprint density at radius 2 is 1.83 bits per heavy atom. The van der Waals surface area contributed by atoms with E-state index in [1.807, 2.05) is 12.1 Å². The first kappa shape index (κ1) is 16.3. The van der Waals surface area contributed by atoms with E-state index in [1.54, 1.807) is 7.11 Å². The number of benzene rings is 1. The number of likely N-dealkylation sites (tertiary alicyclic amines) is 1. The molecule has 1 aromatic rings. The maximum atomic E-state index is 12.6.